The number of rotatable bonds is 6. The van der Waals surface area contributed by atoms with Gasteiger partial charge in [0.25, 0.3) is 0 Å². The molecule has 0 amide bonds. The largest absolute Gasteiger partial charge is 0.416 e. The predicted octanol–water partition coefficient (Wildman–Crippen LogP) is 4.45. The maximum atomic E-state index is 12.8. The van der Waals surface area contributed by atoms with E-state index in [9.17, 15) is 31.1 Å². The van der Waals surface area contributed by atoms with E-state index in [2.05, 4.69) is 4.98 Å². The van der Waals surface area contributed by atoms with E-state index >= 15 is 0 Å². The summed E-state index contributed by atoms with van der Waals surface area (Å²) < 4.78 is 81.6. The van der Waals surface area contributed by atoms with Crippen molar-refractivity contribution in [2.45, 2.75) is 25.4 Å². The number of benzene rings is 1. The van der Waals surface area contributed by atoms with E-state index in [-0.39, 0.29) is 23.8 Å². The summed E-state index contributed by atoms with van der Waals surface area (Å²) in [5.41, 5.74) is -2.49. The first-order chi connectivity index (χ1) is 12.1. The molecule has 0 atom stereocenters. The molecule has 0 aliphatic rings. The molecule has 2 aromatic rings. The van der Waals surface area contributed by atoms with Crippen LogP contribution in [-0.4, -0.2) is 17.4 Å². The van der Waals surface area contributed by atoms with E-state index in [0.29, 0.717) is 17.7 Å². The first kappa shape index (κ1) is 19.9. The number of Topliss-reactive ketones (excluding diaryl/α,β-unsaturated/α-hetero) is 1. The fraction of sp³-hybridized carbons (Fsp3) is 0.294. The Balaban J connectivity index is 2.03. The molecule has 2 rings (SSSR count). The van der Waals surface area contributed by atoms with E-state index in [1.165, 1.54) is 12.4 Å². The topological polar surface area (TPSA) is 39.2 Å². The van der Waals surface area contributed by atoms with Gasteiger partial charge in [-0.1, -0.05) is 0 Å². The molecular weight excluding hydrogens is 364 g/mol. The second-order valence-corrected chi connectivity index (χ2v) is 5.48. The molecule has 1 aromatic carbocycles. The molecule has 0 spiro atoms. The number of ether oxygens (including phenoxy) is 1. The minimum atomic E-state index is -4.92. The second kappa shape index (κ2) is 7.86. The summed E-state index contributed by atoms with van der Waals surface area (Å²) in [7, 11) is 0. The summed E-state index contributed by atoms with van der Waals surface area (Å²) in [5, 5.41) is 0. The molecule has 0 N–H and O–H groups in total. The van der Waals surface area contributed by atoms with Crippen molar-refractivity contribution in [2.24, 2.45) is 0 Å². The molecule has 26 heavy (non-hydrogen) atoms. The summed E-state index contributed by atoms with van der Waals surface area (Å²) in [6.07, 6.45) is -6.84. The van der Waals surface area contributed by atoms with Gasteiger partial charge in [0.2, 0.25) is 0 Å². The molecule has 0 unspecified atom stereocenters. The number of carbonyl (C=O) groups excluding carboxylic acids is 1. The van der Waals surface area contributed by atoms with Gasteiger partial charge in [-0.25, -0.2) is 0 Å². The lowest BCUT2D eigenvalue weighted by atomic mass is 10.1. The summed E-state index contributed by atoms with van der Waals surface area (Å²) >= 11 is 0. The number of halogens is 6. The van der Waals surface area contributed by atoms with Gasteiger partial charge in [-0.05, 0) is 41.5 Å². The molecule has 140 valence electrons. The molecule has 0 fully saturated rings. The molecule has 0 saturated carbocycles. The van der Waals surface area contributed by atoms with Crippen molar-refractivity contribution in [2.75, 3.05) is 6.61 Å². The van der Waals surface area contributed by atoms with Gasteiger partial charge in [-0.2, -0.15) is 26.3 Å². The Morgan fingerprint density at radius 1 is 0.885 bits per heavy atom. The average Bonchev–Trinajstić information content (AvgIpc) is 2.54. The van der Waals surface area contributed by atoms with E-state index in [4.69, 9.17) is 4.74 Å². The average molecular weight is 377 g/mol. The number of nitrogens with zero attached hydrogens (tertiary/aromatic N) is 1. The van der Waals surface area contributed by atoms with Gasteiger partial charge in [0.15, 0.2) is 5.78 Å². The molecule has 1 heterocycles. The van der Waals surface area contributed by atoms with Gasteiger partial charge >= 0.3 is 12.4 Å². The molecular formula is C17H13F6NO2. The number of alkyl halides is 6. The number of ketones is 1. The van der Waals surface area contributed by atoms with Crippen LogP contribution in [0.15, 0.2) is 42.7 Å². The Morgan fingerprint density at radius 2 is 1.42 bits per heavy atom. The molecule has 9 heteroatoms. The number of carbonyl (C=O) groups is 1. The molecule has 0 radical (unpaired) electrons. The van der Waals surface area contributed by atoms with Gasteiger partial charge in [-0.3, -0.25) is 9.78 Å². The Labute approximate surface area is 144 Å². The zero-order valence-corrected chi connectivity index (χ0v) is 13.2. The number of pyridine rings is 1. The highest BCUT2D eigenvalue weighted by Crippen LogP contribution is 2.36. The second-order valence-electron chi connectivity index (χ2n) is 5.48. The van der Waals surface area contributed by atoms with Crippen molar-refractivity contribution in [3.05, 3.63) is 65.0 Å². The highest BCUT2D eigenvalue weighted by molar-refractivity contribution is 5.81. The molecule has 0 saturated heterocycles. The Bertz CT molecular complexity index is 724. The summed E-state index contributed by atoms with van der Waals surface area (Å²) in [6, 6.07) is 4.41. The van der Waals surface area contributed by atoms with Crippen molar-refractivity contribution in [3.63, 3.8) is 0 Å². The SMILES string of the molecule is O=C(COCc1cc(C(F)(F)F)cc(C(F)(F)F)c1)Cc1ccncc1. The van der Waals surface area contributed by atoms with Crippen LogP contribution < -0.4 is 0 Å². The van der Waals surface area contributed by atoms with Crippen LogP contribution in [0.4, 0.5) is 26.3 Å². The first-order valence-electron chi connectivity index (χ1n) is 7.32. The van der Waals surface area contributed by atoms with Crippen molar-refractivity contribution in [1.29, 1.82) is 0 Å². The maximum absolute atomic E-state index is 12.8. The van der Waals surface area contributed by atoms with Crippen LogP contribution in [0.2, 0.25) is 0 Å². The number of aromatic nitrogens is 1. The van der Waals surface area contributed by atoms with Crippen molar-refractivity contribution >= 4 is 5.78 Å². The van der Waals surface area contributed by atoms with Gasteiger partial charge in [0.05, 0.1) is 17.7 Å². The number of hydrogen-bond acceptors (Lipinski definition) is 3. The lowest BCUT2D eigenvalue weighted by molar-refractivity contribution is -0.143. The zero-order chi connectivity index (χ0) is 19.4. The lowest BCUT2D eigenvalue weighted by Crippen LogP contribution is -2.14. The van der Waals surface area contributed by atoms with Crippen LogP contribution in [0.1, 0.15) is 22.3 Å². The molecule has 0 aliphatic carbocycles. The molecule has 0 aliphatic heterocycles. The fourth-order valence-electron chi connectivity index (χ4n) is 2.16. The molecule has 1 aromatic heterocycles. The Kier molecular flexibility index (Phi) is 6.01. The minimum Gasteiger partial charge on any atom is -0.369 e. The Morgan fingerprint density at radius 3 is 1.92 bits per heavy atom. The van der Waals surface area contributed by atoms with Gasteiger partial charge in [-0.15, -0.1) is 0 Å². The van der Waals surface area contributed by atoms with Crippen LogP contribution in [-0.2, 0) is 34.9 Å². The third-order valence-electron chi connectivity index (χ3n) is 3.33. The Hall–Kier alpha value is -2.42. The summed E-state index contributed by atoms with van der Waals surface area (Å²) in [4.78, 5) is 15.5. The summed E-state index contributed by atoms with van der Waals surface area (Å²) in [5.74, 6) is -0.362. The van der Waals surface area contributed by atoms with Gasteiger partial charge < -0.3 is 4.74 Å². The maximum Gasteiger partial charge on any atom is 0.416 e. The summed E-state index contributed by atoms with van der Waals surface area (Å²) in [6.45, 7) is -0.977. The highest BCUT2D eigenvalue weighted by atomic mass is 19.4. The van der Waals surface area contributed by atoms with Crippen LogP contribution in [0.3, 0.4) is 0 Å². The van der Waals surface area contributed by atoms with Crippen molar-refractivity contribution < 1.29 is 35.9 Å². The van der Waals surface area contributed by atoms with E-state index < -0.39 is 36.7 Å². The zero-order valence-electron chi connectivity index (χ0n) is 13.2. The normalized spacial score (nSPS) is 12.2. The third-order valence-corrected chi connectivity index (χ3v) is 3.33. The highest BCUT2D eigenvalue weighted by Gasteiger charge is 2.36. The van der Waals surface area contributed by atoms with E-state index in [0.717, 1.165) is 0 Å². The third kappa shape index (κ3) is 5.83. The fourth-order valence-corrected chi connectivity index (χ4v) is 2.16. The van der Waals surface area contributed by atoms with Gasteiger partial charge in [0, 0.05) is 18.8 Å². The first-order valence-corrected chi connectivity index (χ1v) is 7.32. The minimum absolute atomic E-state index is 0.0267. The van der Waals surface area contributed by atoms with Crippen LogP contribution in [0, 0.1) is 0 Å². The van der Waals surface area contributed by atoms with Crippen LogP contribution >= 0.6 is 0 Å². The lowest BCUT2D eigenvalue weighted by Gasteiger charge is -2.14. The van der Waals surface area contributed by atoms with Crippen molar-refractivity contribution in [3.8, 4) is 0 Å². The van der Waals surface area contributed by atoms with Gasteiger partial charge in [0.1, 0.15) is 6.61 Å². The smallest absolute Gasteiger partial charge is 0.369 e. The molecule has 0 bridgehead atoms. The predicted molar refractivity (Wildman–Crippen MR) is 79.1 cm³/mol. The number of hydrogen-bond donors (Lipinski definition) is 0. The quantitative estimate of drug-likeness (QED) is 0.699. The standard InChI is InChI=1S/C17H13F6NO2/c18-16(19,20)13-5-12(6-14(8-13)17(21,22)23)9-26-10-15(25)7-11-1-3-24-4-2-11/h1-6,8H,7,9-10H2. The molecule has 3 nitrogen and oxygen atoms in total. The van der Waals surface area contributed by atoms with Crippen LogP contribution in [0.5, 0.6) is 0 Å². The monoisotopic (exact) mass is 377 g/mol. The van der Waals surface area contributed by atoms with Crippen molar-refractivity contribution in [1.82, 2.24) is 4.98 Å². The van der Waals surface area contributed by atoms with E-state index in [1.54, 1.807) is 12.1 Å². The van der Waals surface area contributed by atoms with E-state index in [1.807, 2.05) is 0 Å². The van der Waals surface area contributed by atoms with Crippen LogP contribution in [0.25, 0.3) is 0 Å².